The van der Waals surface area contributed by atoms with Crippen molar-refractivity contribution in [2.24, 2.45) is 11.8 Å². The van der Waals surface area contributed by atoms with E-state index in [0.717, 1.165) is 6.07 Å². The highest BCUT2D eigenvalue weighted by Gasteiger charge is 2.53. The third-order valence-electron chi connectivity index (χ3n) is 3.75. The first-order valence-electron chi connectivity index (χ1n) is 6.58. The summed E-state index contributed by atoms with van der Waals surface area (Å²) in [5, 5.41) is 8.94. The second-order valence-electron chi connectivity index (χ2n) is 5.12. The number of carbonyl (C=O) groups is 2. The third kappa shape index (κ3) is 3.22. The van der Waals surface area contributed by atoms with Crippen LogP contribution in [0, 0.1) is 17.7 Å². The van der Waals surface area contributed by atoms with Gasteiger partial charge in [-0.25, -0.2) is 4.39 Å². The number of nitrogens with zero attached hydrogens (tertiary/aromatic N) is 1. The molecule has 126 valence electrons. The van der Waals surface area contributed by atoms with E-state index in [4.69, 9.17) is 9.84 Å². The number of halogens is 4. The largest absolute Gasteiger partial charge is 0.496 e. The van der Waals surface area contributed by atoms with E-state index in [1.807, 2.05) is 0 Å². The molecule has 1 N–H and O–H groups in total. The first-order valence-corrected chi connectivity index (χ1v) is 6.58. The van der Waals surface area contributed by atoms with Crippen LogP contribution in [0.2, 0.25) is 0 Å². The molecule has 1 aromatic carbocycles. The number of hydrogen-bond donors (Lipinski definition) is 1. The summed E-state index contributed by atoms with van der Waals surface area (Å²) in [5.41, 5.74) is -0.512. The summed E-state index contributed by atoms with van der Waals surface area (Å²) in [4.78, 5) is 24.0. The lowest BCUT2D eigenvalue weighted by molar-refractivity contribution is -0.187. The van der Waals surface area contributed by atoms with Crippen LogP contribution in [-0.2, 0) is 4.79 Å². The van der Waals surface area contributed by atoms with Gasteiger partial charge in [0.25, 0.3) is 5.91 Å². The molecule has 0 spiro atoms. The maximum Gasteiger partial charge on any atom is 0.394 e. The fourth-order valence-corrected chi connectivity index (χ4v) is 2.59. The Morgan fingerprint density at radius 1 is 1.30 bits per heavy atom. The molecule has 1 aromatic rings. The molecule has 1 amide bonds. The zero-order valence-electron chi connectivity index (χ0n) is 11.9. The van der Waals surface area contributed by atoms with Gasteiger partial charge in [0.2, 0.25) is 0 Å². The van der Waals surface area contributed by atoms with Crippen LogP contribution in [0.25, 0.3) is 0 Å². The summed E-state index contributed by atoms with van der Waals surface area (Å²) >= 11 is 0. The van der Waals surface area contributed by atoms with Crippen LogP contribution in [0.3, 0.4) is 0 Å². The van der Waals surface area contributed by atoms with Crippen LogP contribution in [0.4, 0.5) is 17.6 Å². The van der Waals surface area contributed by atoms with Crippen molar-refractivity contribution in [2.45, 2.75) is 6.18 Å². The molecule has 23 heavy (non-hydrogen) atoms. The van der Waals surface area contributed by atoms with Crippen LogP contribution < -0.4 is 4.74 Å². The molecule has 2 atom stereocenters. The summed E-state index contributed by atoms with van der Waals surface area (Å²) in [7, 11) is 1.19. The standard InChI is InChI=1S/C14H13F4NO4/c1-23-10-4-2-3-9(15)11(10)12(20)19-5-7(13(21)22)8(6-19)14(16,17)18/h2-4,7-8H,5-6H2,1H3,(H,21,22)/t7-,8-/m1/s1. The number of hydrogen-bond acceptors (Lipinski definition) is 3. The third-order valence-corrected chi connectivity index (χ3v) is 3.75. The fourth-order valence-electron chi connectivity index (χ4n) is 2.59. The van der Waals surface area contributed by atoms with Gasteiger partial charge in [-0.05, 0) is 12.1 Å². The van der Waals surface area contributed by atoms with E-state index < -0.39 is 54.4 Å². The number of aliphatic carboxylic acids is 1. The van der Waals surface area contributed by atoms with E-state index in [1.165, 1.54) is 19.2 Å². The Morgan fingerprint density at radius 3 is 2.43 bits per heavy atom. The van der Waals surface area contributed by atoms with Crippen LogP contribution >= 0.6 is 0 Å². The summed E-state index contributed by atoms with van der Waals surface area (Å²) in [6.45, 7) is -1.48. The Labute approximate surface area is 128 Å². The topological polar surface area (TPSA) is 66.8 Å². The highest BCUT2D eigenvalue weighted by atomic mass is 19.4. The molecular weight excluding hydrogens is 322 g/mol. The number of amides is 1. The molecule has 1 aliphatic heterocycles. The Balaban J connectivity index is 2.33. The van der Waals surface area contributed by atoms with E-state index in [2.05, 4.69) is 0 Å². The summed E-state index contributed by atoms with van der Waals surface area (Å²) in [5.74, 6) is -7.73. The van der Waals surface area contributed by atoms with Gasteiger partial charge in [-0.1, -0.05) is 6.07 Å². The molecule has 5 nitrogen and oxygen atoms in total. The minimum Gasteiger partial charge on any atom is -0.496 e. The van der Waals surface area contributed by atoms with E-state index in [-0.39, 0.29) is 5.75 Å². The molecule has 0 saturated carbocycles. The Kier molecular flexibility index (Phi) is 4.49. The van der Waals surface area contributed by atoms with Gasteiger partial charge in [0, 0.05) is 13.1 Å². The first kappa shape index (κ1) is 17.0. The number of carboxylic acid groups (broad SMARTS) is 1. The van der Waals surface area contributed by atoms with Crippen molar-refractivity contribution in [1.82, 2.24) is 4.90 Å². The average Bonchev–Trinajstić information content (AvgIpc) is 2.91. The van der Waals surface area contributed by atoms with Gasteiger partial charge < -0.3 is 14.7 Å². The maximum atomic E-state index is 13.9. The monoisotopic (exact) mass is 335 g/mol. The highest BCUT2D eigenvalue weighted by molar-refractivity contribution is 5.97. The van der Waals surface area contributed by atoms with Crippen LogP contribution in [0.1, 0.15) is 10.4 Å². The van der Waals surface area contributed by atoms with Crippen LogP contribution in [-0.4, -0.2) is 48.3 Å². The van der Waals surface area contributed by atoms with Gasteiger partial charge in [0.15, 0.2) is 0 Å². The molecule has 0 aliphatic carbocycles. The van der Waals surface area contributed by atoms with Crippen molar-refractivity contribution in [2.75, 3.05) is 20.2 Å². The summed E-state index contributed by atoms with van der Waals surface area (Å²) in [6.07, 6.45) is -4.77. The van der Waals surface area contributed by atoms with Gasteiger partial charge in [-0.3, -0.25) is 9.59 Å². The van der Waals surface area contributed by atoms with E-state index in [0.29, 0.717) is 4.90 Å². The molecular formula is C14H13F4NO4. The number of benzene rings is 1. The maximum absolute atomic E-state index is 13.9. The highest BCUT2D eigenvalue weighted by Crippen LogP contribution is 2.38. The molecule has 0 bridgehead atoms. The molecule has 1 fully saturated rings. The van der Waals surface area contributed by atoms with E-state index >= 15 is 0 Å². The molecule has 1 saturated heterocycles. The summed E-state index contributed by atoms with van der Waals surface area (Å²) in [6, 6.07) is 3.55. The van der Waals surface area contributed by atoms with E-state index in [1.54, 1.807) is 0 Å². The minimum absolute atomic E-state index is 0.127. The number of alkyl halides is 3. The lowest BCUT2D eigenvalue weighted by Crippen LogP contribution is -2.34. The number of carbonyl (C=O) groups excluding carboxylic acids is 1. The number of methoxy groups -OCH3 is 1. The average molecular weight is 335 g/mol. The van der Waals surface area contributed by atoms with Crippen LogP contribution in [0.5, 0.6) is 5.75 Å². The summed E-state index contributed by atoms with van der Waals surface area (Å²) < 4.78 is 57.5. The first-order chi connectivity index (χ1) is 10.7. The van der Waals surface area contributed by atoms with Gasteiger partial charge >= 0.3 is 12.1 Å². The Hall–Kier alpha value is -2.32. The second-order valence-corrected chi connectivity index (χ2v) is 5.12. The molecule has 1 aliphatic rings. The van der Waals surface area contributed by atoms with Crippen molar-refractivity contribution in [1.29, 1.82) is 0 Å². The Bertz CT molecular complexity index is 632. The fraction of sp³-hybridized carbons (Fsp3) is 0.429. The van der Waals surface area contributed by atoms with Crippen molar-refractivity contribution in [3.05, 3.63) is 29.6 Å². The lowest BCUT2D eigenvalue weighted by atomic mass is 9.96. The number of likely N-dealkylation sites (tertiary alicyclic amines) is 1. The van der Waals surface area contributed by atoms with Gasteiger partial charge in [0.05, 0.1) is 18.9 Å². The van der Waals surface area contributed by atoms with Crippen molar-refractivity contribution in [3.8, 4) is 5.75 Å². The molecule has 2 rings (SSSR count). The molecule has 1 heterocycles. The smallest absolute Gasteiger partial charge is 0.394 e. The van der Waals surface area contributed by atoms with Crippen molar-refractivity contribution < 1.29 is 37.0 Å². The number of ether oxygens (including phenoxy) is 1. The molecule has 0 aromatic heterocycles. The van der Waals surface area contributed by atoms with Gasteiger partial charge in [0.1, 0.15) is 17.1 Å². The second kappa shape index (κ2) is 6.05. The van der Waals surface area contributed by atoms with E-state index in [9.17, 15) is 27.2 Å². The number of rotatable bonds is 3. The van der Waals surface area contributed by atoms with Crippen molar-refractivity contribution >= 4 is 11.9 Å². The SMILES string of the molecule is COc1cccc(F)c1C(=O)N1C[C@@H](C(F)(F)F)[C@H](C(=O)O)C1. The van der Waals surface area contributed by atoms with Gasteiger partial charge in [-0.15, -0.1) is 0 Å². The lowest BCUT2D eigenvalue weighted by Gasteiger charge is -2.19. The predicted octanol–water partition coefficient (Wildman–Crippen LogP) is 2.17. The van der Waals surface area contributed by atoms with Gasteiger partial charge in [-0.2, -0.15) is 13.2 Å². The Morgan fingerprint density at radius 2 is 1.96 bits per heavy atom. The molecule has 0 unspecified atom stereocenters. The van der Waals surface area contributed by atoms with Crippen LogP contribution in [0.15, 0.2) is 18.2 Å². The predicted molar refractivity (Wildman–Crippen MR) is 69.5 cm³/mol. The molecule has 0 radical (unpaired) electrons. The zero-order chi connectivity index (χ0) is 17.4. The zero-order valence-corrected chi connectivity index (χ0v) is 11.9. The van der Waals surface area contributed by atoms with Crippen molar-refractivity contribution in [3.63, 3.8) is 0 Å². The minimum atomic E-state index is -4.77. The quantitative estimate of drug-likeness (QED) is 0.860. The molecule has 9 heteroatoms. The normalized spacial score (nSPS) is 21.3. The number of carboxylic acids is 1.